The van der Waals surface area contributed by atoms with E-state index < -0.39 is 5.54 Å². The van der Waals surface area contributed by atoms with Crippen LogP contribution in [0.5, 0.6) is 0 Å². The molecule has 27 heavy (non-hydrogen) atoms. The highest BCUT2D eigenvalue weighted by Gasteiger charge is 2.31. The molecule has 0 saturated carbocycles. The molecule has 0 fully saturated rings. The van der Waals surface area contributed by atoms with Gasteiger partial charge in [-0.3, -0.25) is 9.59 Å². The molecule has 0 unspecified atom stereocenters. The van der Waals surface area contributed by atoms with Crippen molar-refractivity contribution >= 4 is 5.91 Å². The summed E-state index contributed by atoms with van der Waals surface area (Å²) in [5, 5.41) is 7.36. The van der Waals surface area contributed by atoms with Gasteiger partial charge in [-0.2, -0.15) is 5.10 Å². The Balaban J connectivity index is 1.77. The zero-order chi connectivity index (χ0) is 19.3. The number of rotatable bonds is 6. The molecule has 0 saturated heterocycles. The summed E-state index contributed by atoms with van der Waals surface area (Å²) in [6, 6.07) is 22.7. The third-order valence-electron chi connectivity index (χ3n) is 4.50. The Morgan fingerprint density at radius 1 is 0.963 bits per heavy atom. The van der Waals surface area contributed by atoms with Crippen molar-refractivity contribution in [1.29, 1.82) is 0 Å². The van der Waals surface area contributed by atoms with Crippen LogP contribution in [-0.2, 0) is 16.8 Å². The number of benzene rings is 2. The Morgan fingerprint density at radius 3 is 2.26 bits per heavy atom. The van der Waals surface area contributed by atoms with Crippen molar-refractivity contribution in [1.82, 2.24) is 15.1 Å². The van der Waals surface area contributed by atoms with Gasteiger partial charge < -0.3 is 5.32 Å². The summed E-state index contributed by atoms with van der Waals surface area (Å²) in [5.41, 5.74) is 1.29. The minimum atomic E-state index is -1.10. The molecule has 0 bridgehead atoms. The van der Waals surface area contributed by atoms with E-state index in [1.807, 2.05) is 60.7 Å². The van der Waals surface area contributed by atoms with Crippen LogP contribution in [0.3, 0.4) is 0 Å². The average molecular weight is 361 g/mol. The van der Waals surface area contributed by atoms with Gasteiger partial charge in [0, 0.05) is 18.2 Å². The molecule has 2 aromatic carbocycles. The first kappa shape index (κ1) is 18.6. The monoisotopic (exact) mass is 361 g/mol. The van der Waals surface area contributed by atoms with Gasteiger partial charge in [0.2, 0.25) is 5.91 Å². The van der Waals surface area contributed by atoms with E-state index in [4.69, 9.17) is 0 Å². The van der Waals surface area contributed by atoms with E-state index in [1.54, 1.807) is 19.9 Å². The lowest BCUT2D eigenvalue weighted by Gasteiger charge is -2.25. The highest BCUT2D eigenvalue weighted by molar-refractivity contribution is 5.83. The fourth-order valence-corrected chi connectivity index (χ4v) is 2.85. The predicted molar refractivity (Wildman–Crippen MR) is 106 cm³/mol. The molecule has 0 aliphatic rings. The highest BCUT2D eigenvalue weighted by Crippen LogP contribution is 2.17. The zero-order valence-electron chi connectivity index (χ0n) is 15.6. The quantitative estimate of drug-likeness (QED) is 0.734. The van der Waals surface area contributed by atoms with E-state index in [1.165, 1.54) is 10.7 Å². The molecule has 1 heterocycles. The van der Waals surface area contributed by atoms with Gasteiger partial charge in [0.15, 0.2) is 0 Å². The zero-order valence-corrected chi connectivity index (χ0v) is 15.6. The third kappa shape index (κ3) is 4.31. The number of amides is 1. The molecule has 0 aliphatic heterocycles. The van der Waals surface area contributed by atoms with Gasteiger partial charge in [0.25, 0.3) is 5.56 Å². The van der Waals surface area contributed by atoms with Gasteiger partial charge in [-0.15, -0.1) is 0 Å². The number of nitrogens with zero attached hydrogens (tertiary/aromatic N) is 2. The van der Waals surface area contributed by atoms with Crippen molar-refractivity contribution in [3.8, 4) is 11.3 Å². The standard InChI is InChI=1S/C22H23N3O2/c1-22(2,21(27)23-16-15-17-9-5-3-6-10-17)25-20(26)14-13-19(24-25)18-11-7-4-8-12-18/h3-14H,15-16H2,1-2H3,(H,23,27). The third-order valence-corrected chi connectivity index (χ3v) is 4.50. The largest absolute Gasteiger partial charge is 0.354 e. The second kappa shape index (κ2) is 7.99. The SMILES string of the molecule is CC(C)(C(=O)NCCc1ccccc1)n1nc(-c2ccccc2)ccc1=O. The molecule has 0 radical (unpaired) electrons. The number of aromatic nitrogens is 2. The summed E-state index contributed by atoms with van der Waals surface area (Å²) < 4.78 is 1.26. The van der Waals surface area contributed by atoms with Crippen LogP contribution in [0.4, 0.5) is 0 Å². The summed E-state index contributed by atoms with van der Waals surface area (Å²) >= 11 is 0. The van der Waals surface area contributed by atoms with Crippen molar-refractivity contribution in [2.75, 3.05) is 6.54 Å². The molecule has 0 aliphatic carbocycles. The molecule has 1 aromatic heterocycles. The second-order valence-corrected chi connectivity index (χ2v) is 6.89. The molecule has 5 heteroatoms. The van der Waals surface area contributed by atoms with Gasteiger partial charge in [0.1, 0.15) is 5.54 Å². The Hall–Kier alpha value is -3.21. The number of hydrogen-bond acceptors (Lipinski definition) is 3. The summed E-state index contributed by atoms with van der Waals surface area (Å²) in [7, 11) is 0. The summed E-state index contributed by atoms with van der Waals surface area (Å²) in [5.74, 6) is -0.238. The molecule has 1 N–H and O–H groups in total. The molecule has 1 amide bonds. The number of nitrogens with one attached hydrogen (secondary N) is 1. The van der Waals surface area contributed by atoms with Gasteiger partial charge >= 0.3 is 0 Å². The molecular formula is C22H23N3O2. The predicted octanol–water partition coefficient (Wildman–Crippen LogP) is 3.00. The summed E-state index contributed by atoms with van der Waals surface area (Å²) in [4.78, 5) is 25.1. The maximum atomic E-state index is 12.7. The lowest BCUT2D eigenvalue weighted by Crippen LogP contribution is -2.50. The molecule has 0 atom stereocenters. The smallest absolute Gasteiger partial charge is 0.267 e. The van der Waals surface area contributed by atoms with Gasteiger partial charge in [-0.25, -0.2) is 4.68 Å². The fraction of sp³-hybridized carbons (Fsp3) is 0.227. The van der Waals surface area contributed by atoms with E-state index in [-0.39, 0.29) is 11.5 Å². The van der Waals surface area contributed by atoms with Crippen LogP contribution in [0.25, 0.3) is 11.3 Å². The van der Waals surface area contributed by atoms with Crippen molar-refractivity contribution in [2.24, 2.45) is 0 Å². The molecule has 5 nitrogen and oxygen atoms in total. The molecule has 138 valence electrons. The first-order valence-electron chi connectivity index (χ1n) is 8.97. The maximum absolute atomic E-state index is 12.7. The highest BCUT2D eigenvalue weighted by atomic mass is 16.2. The lowest BCUT2D eigenvalue weighted by atomic mass is 10.0. The van der Waals surface area contributed by atoms with E-state index >= 15 is 0 Å². The van der Waals surface area contributed by atoms with Crippen molar-refractivity contribution in [3.63, 3.8) is 0 Å². The average Bonchev–Trinajstić information content (AvgIpc) is 2.69. The Kier molecular flexibility index (Phi) is 5.50. The number of carbonyl (C=O) groups is 1. The Bertz CT molecular complexity index is 964. The first-order valence-corrected chi connectivity index (χ1v) is 8.97. The molecular weight excluding hydrogens is 338 g/mol. The van der Waals surface area contributed by atoms with E-state index in [0.29, 0.717) is 12.2 Å². The topological polar surface area (TPSA) is 64.0 Å². The van der Waals surface area contributed by atoms with E-state index in [9.17, 15) is 9.59 Å². The van der Waals surface area contributed by atoms with Gasteiger partial charge in [0.05, 0.1) is 5.69 Å². The Labute approximate surface area is 158 Å². The first-order chi connectivity index (χ1) is 13.0. The van der Waals surface area contributed by atoms with Crippen LogP contribution in [0, 0.1) is 0 Å². The summed E-state index contributed by atoms with van der Waals surface area (Å²) in [6.45, 7) is 3.90. The molecule has 3 aromatic rings. The van der Waals surface area contributed by atoms with Crippen molar-refractivity contribution in [2.45, 2.75) is 25.8 Å². The van der Waals surface area contributed by atoms with Crippen LogP contribution in [-0.4, -0.2) is 22.2 Å². The summed E-state index contributed by atoms with van der Waals surface area (Å²) in [6.07, 6.45) is 0.731. The van der Waals surface area contributed by atoms with Crippen LogP contribution in [0.2, 0.25) is 0 Å². The second-order valence-electron chi connectivity index (χ2n) is 6.89. The minimum absolute atomic E-state index is 0.238. The van der Waals surface area contributed by atoms with E-state index in [0.717, 1.165) is 17.5 Å². The van der Waals surface area contributed by atoms with E-state index in [2.05, 4.69) is 10.4 Å². The van der Waals surface area contributed by atoms with Gasteiger partial charge in [-0.05, 0) is 31.9 Å². The normalized spacial score (nSPS) is 11.2. The van der Waals surface area contributed by atoms with Crippen LogP contribution in [0.15, 0.2) is 77.6 Å². The van der Waals surface area contributed by atoms with Crippen LogP contribution in [0.1, 0.15) is 19.4 Å². The van der Waals surface area contributed by atoms with Crippen LogP contribution >= 0.6 is 0 Å². The fourth-order valence-electron chi connectivity index (χ4n) is 2.85. The van der Waals surface area contributed by atoms with Crippen molar-refractivity contribution in [3.05, 3.63) is 88.7 Å². The molecule has 0 spiro atoms. The minimum Gasteiger partial charge on any atom is -0.354 e. The number of carbonyl (C=O) groups excluding carboxylic acids is 1. The molecule has 3 rings (SSSR count). The van der Waals surface area contributed by atoms with Crippen molar-refractivity contribution < 1.29 is 4.79 Å². The van der Waals surface area contributed by atoms with Gasteiger partial charge in [-0.1, -0.05) is 60.7 Å². The maximum Gasteiger partial charge on any atom is 0.267 e. The lowest BCUT2D eigenvalue weighted by molar-refractivity contribution is -0.128. The Morgan fingerprint density at radius 2 is 1.59 bits per heavy atom. The number of hydrogen-bond donors (Lipinski definition) is 1. The van der Waals surface area contributed by atoms with Crippen LogP contribution < -0.4 is 10.9 Å².